The average Bonchev–Trinajstić information content (AvgIpc) is 2.61. The van der Waals surface area contributed by atoms with E-state index < -0.39 is 10.1 Å². The van der Waals surface area contributed by atoms with Crippen molar-refractivity contribution in [3.8, 4) is 5.75 Å². The van der Waals surface area contributed by atoms with Gasteiger partial charge in [0.15, 0.2) is 5.75 Å². The Morgan fingerprint density at radius 2 is 1.59 bits per heavy atom. The summed E-state index contributed by atoms with van der Waals surface area (Å²) in [5.41, 5.74) is 1.97. The zero-order valence-corrected chi connectivity index (χ0v) is 12.4. The summed E-state index contributed by atoms with van der Waals surface area (Å²) in [6, 6.07) is 18.1. The van der Waals surface area contributed by atoms with Gasteiger partial charge in [0.25, 0.3) is 0 Å². The van der Waals surface area contributed by atoms with Crippen molar-refractivity contribution in [1.29, 1.82) is 0 Å². The Kier molecular flexibility index (Phi) is 2.65. The van der Waals surface area contributed by atoms with E-state index in [0.717, 1.165) is 16.3 Å². The molecule has 0 N–H and O–H groups in total. The molecule has 1 aliphatic rings. The quantitative estimate of drug-likeness (QED) is 0.590. The van der Waals surface area contributed by atoms with Crippen molar-refractivity contribution >= 4 is 26.5 Å². The molecular weight excluding hydrogens is 296 g/mol. The molecule has 0 amide bonds. The summed E-state index contributed by atoms with van der Waals surface area (Å²) in [7, 11) is -3.85. The van der Waals surface area contributed by atoms with Crippen LogP contribution in [-0.4, -0.2) is 8.42 Å². The fraction of sp³-hybridized carbons (Fsp3) is 0. The summed E-state index contributed by atoms with van der Waals surface area (Å²) >= 11 is 0. The predicted octanol–water partition coefficient (Wildman–Crippen LogP) is 3.98. The molecule has 22 heavy (non-hydrogen) atoms. The van der Waals surface area contributed by atoms with E-state index in [1.165, 1.54) is 0 Å². The lowest BCUT2D eigenvalue weighted by Crippen LogP contribution is -2.09. The Morgan fingerprint density at radius 1 is 0.864 bits per heavy atom. The number of benzene rings is 3. The maximum absolute atomic E-state index is 12.5. The first-order valence-corrected chi connectivity index (χ1v) is 8.24. The van der Waals surface area contributed by atoms with E-state index in [-0.39, 0.29) is 4.90 Å². The van der Waals surface area contributed by atoms with Crippen molar-refractivity contribution in [1.82, 2.24) is 0 Å². The van der Waals surface area contributed by atoms with Gasteiger partial charge in [0.2, 0.25) is 0 Å². The fourth-order valence-corrected chi connectivity index (χ4v) is 4.03. The minimum atomic E-state index is -3.85. The minimum absolute atomic E-state index is 0.153. The molecule has 1 heterocycles. The van der Waals surface area contributed by atoms with Crippen LogP contribution in [0.1, 0.15) is 11.1 Å². The Hall–Kier alpha value is -2.59. The van der Waals surface area contributed by atoms with E-state index in [4.69, 9.17) is 4.18 Å². The van der Waals surface area contributed by atoms with Gasteiger partial charge >= 0.3 is 10.1 Å². The summed E-state index contributed by atoms with van der Waals surface area (Å²) < 4.78 is 30.3. The second-order valence-electron chi connectivity index (χ2n) is 5.17. The monoisotopic (exact) mass is 308 g/mol. The highest BCUT2D eigenvalue weighted by atomic mass is 32.2. The summed E-state index contributed by atoms with van der Waals surface area (Å²) in [6.07, 6.45) is 0. The van der Waals surface area contributed by atoms with Crippen molar-refractivity contribution in [2.24, 2.45) is 0 Å². The fourth-order valence-electron chi connectivity index (χ4n) is 2.86. The van der Waals surface area contributed by atoms with E-state index in [0.29, 0.717) is 16.9 Å². The van der Waals surface area contributed by atoms with Gasteiger partial charge in [-0.25, -0.2) is 0 Å². The summed E-state index contributed by atoms with van der Waals surface area (Å²) in [6.45, 7) is 4.13. The molecule has 0 saturated heterocycles. The maximum atomic E-state index is 12.5. The van der Waals surface area contributed by atoms with Crippen LogP contribution in [0.5, 0.6) is 5.75 Å². The molecule has 4 heteroatoms. The molecule has 0 unspecified atom stereocenters. The number of fused-ring (bicyclic) bond motifs is 4. The Morgan fingerprint density at radius 3 is 2.45 bits per heavy atom. The Balaban J connectivity index is 2.16. The van der Waals surface area contributed by atoms with E-state index in [1.54, 1.807) is 30.3 Å². The molecule has 0 radical (unpaired) electrons. The van der Waals surface area contributed by atoms with Gasteiger partial charge in [-0.2, -0.15) is 8.42 Å². The highest BCUT2D eigenvalue weighted by Crippen LogP contribution is 2.42. The lowest BCUT2D eigenvalue weighted by atomic mass is 9.93. The largest absolute Gasteiger partial charge is 0.378 e. The summed E-state index contributed by atoms with van der Waals surface area (Å²) in [4.78, 5) is 0.153. The van der Waals surface area contributed by atoms with Gasteiger partial charge in [0.1, 0.15) is 4.90 Å². The molecular formula is C18H12O3S. The van der Waals surface area contributed by atoms with Crippen LogP contribution in [0.2, 0.25) is 0 Å². The highest BCUT2D eigenvalue weighted by molar-refractivity contribution is 7.87. The zero-order chi connectivity index (χ0) is 15.3. The third-order valence-electron chi connectivity index (χ3n) is 3.87. The first-order valence-electron chi connectivity index (χ1n) is 6.83. The van der Waals surface area contributed by atoms with Crippen LogP contribution < -0.4 is 4.18 Å². The first kappa shape index (κ1) is 13.1. The molecule has 0 atom stereocenters. The van der Waals surface area contributed by atoms with Gasteiger partial charge in [-0.3, -0.25) is 0 Å². The second-order valence-corrected chi connectivity index (χ2v) is 6.69. The second kappa shape index (κ2) is 4.45. The van der Waals surface area contributed by atoms with Crippen LogP contribution in [0.3, 0.4) is 0 Å². The number of hydrogen-bond acceptors (Lipinski definition) is 3. The molecule has 0 spiro atoms. The van der Waals surface area contributed by atoms with Gasteiger partial charge < -0.3 is 4.18 Å². The van der Waals surface area contributed by atoms with Gasteiger partial charge in [0.05, 0.1) is 0 Å². The minimum Gasteiger partial charge on any atom is -0.378 e. The van der Waals surface area contributed by atoms with E-state index in [9.17, 15) is 8.42 Å². The third kappa shape index (κ3) is 1.77. The summed E-state index contributed by atoms with van der Waals surface area (Å²) in [5, 5.41) is 1.94. The molecule has 4 rings (SSSR count). The standard InChI is InChI=1S/C18H12O3S/c1-12-14-7-4-5-9-17(14)22(19,20)21-16-11-10-13-6-2-3-8-15(13)18(12)16/h2-11H,1H2. The molecule has 0 aromatic heterocycles. The predicted molar refractivity (Wildman–Crippen MR) is 86.3 cm³/mol. The molecule has 108 valence electrons. The topological polar surface area (TPSA) is 43.4 Å². The van der Waals surface area contributed by atoms with Crippen molar-refractivity contribution in [3.05, 3.63) is 78.4 Å². The van der Waals surface area contributed by atoms with Crippen LogP contribution in [0.25, 0.3) is 16.3 Å². The van der Waals surface area contributed by atoms with Crippen LogP contribution >= 0.6 is 0 Å². The van der Waals surface area contributed by atoms with Crippen LogP contribution in [0.4, 0.5) is 0 Å². The average molecular weight is 308 g/mol. The lowest BCUT2D eigenvalue weighted by Gasteiger charge is -2.11. The van der Waals surface area contributed by atoms with Crippen LogP contribution in [0.15, 0.2) is 72.1 Å². The third-order valence-corrected chi connectivity index (χ3v) is 5.17. The van der Waals surface area contributed by atoms with Gasteiger partial charge in [0, 0.05) is 11.1 Å². The van der Waals surface area contributed by atoms with Gasteiger partial charge in [-0.15, -0.1) is 0 Å². The molecule has 3 nitrogen and oxygen atoms in total. The van der Waals surface area contributed by atoms with Crippen molar-refractivity contribution in [2.75, 3.05) is 0 Å². The van der Waals surface area contributed by atoms with Crippen molar-refractivity contribution < 1.29 is 12.6 Å². The molecule has 3 aromatic rings. The van der Waals surface area contributed by atoms with E-state index >= 15 is 0 Å². The van der Waals surface area contributed by atoms with Gasteiger partial charge in [-0.05, 0) is 28.5 Å². The highest BCUT2D eigenvalue weighted by Gasteiger charge is 2.29. The maximum Gasteiger partial charge on any atom is 0.339 e. The smallest absolute Gasteiger partial charge is 0.339 e. The zero-order valence-electron chi connectivity index (χ0n) is 11.6. The molecule has 3 aromatic carbocycles. The number of rotatable bonds is 0. The number of hydrogen-bond donors (Lipinski definition) is 0. The molecule has 0 saturated carbocycles. The molecule has 0 aliphatic carbocycles. The molecule has 0 fully saturated rings. The first-order chi connectivity index (χ1) is 10.6. The Bertz CT molecular complexity index is 1030. The van der Waals surface area contributed by atoms with E-state index in [2.05, 4.69) is 6.58 Å². The van der Waals surface area contributed by atoms with Gasteiger partial charge in [-0.1, -0.05) is 55.1 Å². The normalized spacial score (nSPS) is 15.5. The molecule has 1 aliphatic heterocycles. The Labute approximate surface area is 128 Å². The van der Waals surface area contributed by atoms with Crippen LogP contribution in [0, 0.1) is 0 Å². The van der Waals surface area contributed by atoms with Crippen molar-refractivity contribution in [3.63, 3.8) is 0 Å². The molecule has 0 bridgehead atoms. The van der Waals surface area contributed by atoms with Crippen LogP contribution in [-0.2, 0) is 10.1 Å². The lowest BCUT2D eigenvalue weighted by molar-refractivity contribution is 0.487. The summed E-state index contributed by atoms with van der Waals surface area (Å²) in [5.74, 6) is 0.319. The SMILES string of the molecule is C=C1c2ccccc2S(=O)(=O)Oc2ccc3ccccc3c21. The van der Waals surface area contributed by atoms with E-state index in [1.807, 2.05) is 30.3 Å². The van der Waals surface area contributed by atoms with Crippen molar-refractivity contribution in [2.45, 2.75) is 4.90 Å².